The quantitative estimate of drug-likeness (QED) is 0.870. The van der Waals surface area contributed by atoms with E-state index >= 15 is 0 Å². The fourth-order valence-corrected chi connectivity index (χ4v) is 3.31. The second kappa shape index (κ2) is 4.62. The molecule has 0 saturated carbocycles. The largest absolute Gasteiger partial charge is 0.295 e. The van der Waals surface area contributed by atoms with Gasteiger partial charge in [-0.05, 0) is 29.0 Å². The molecule has 2 aliphatic carbocycles. The maximum atomic E-state index is 11.7. The van der Waals surface area contributed by atoms with E-state index in [-0.39, 0.29) is 10.3 Å². The van der Waals surface area contributed by atoms with Crippen molar-refractivity contribution in [2.24, 2.45) is 0 Å². The summed E-state index contributed by atoms with van der Waals surface area (Å²) in [6, 6.07) is 10.9. The molecule has 1 N–H and O–H groups in total. The van der Waals surface area contributed by atoms with E-state index in [2.05, 4.69) is 0 Å². The van der Waals surface area contributed by atoms with Crippen LogP contribution in [0.2, 0.25) is 0 Å². The molecule has 0 aromatic carbocycles. The Balaban J connectivity index is 2.88. The average molecular weight is 278 g/mol. The van der Waals surface area contributed by atoms with Gasteiger partial charge in [-0.2, -0.15) is 8.42 Å². The van der Waals surface area contributed by atoms with Crippen molar-refractivity contribution >= 4 is 10.1 Å². The third-order valence-electron chi connectivity index (χ3n) is 3.73. The minimum Gasteiger partial charge on any atom is -0.282 e. The summed E-state index contributed by atoms with van der Waals surface area (Å²) in [4.78, 5) is 0.0468. The minimum absolute atomic E-state index is 0.0468. The molecular formula is C15H18O3S. The molecule has 3 nitrogen and oxygen atoms in total. The topological polar surface area (TPSA) is 54.4 Å². The van der Waals surface area contributed by atoms with E-state index in [1.54, 1.807) is 12.1 Å². The molecule has 4 heteroatoms. The van der Waals surface area contributed by atoms with Crippen LogP contribution in [0, 0.1) is 0 Å². The van der Waals surface area contributed by atoms with E-state index < -0.39 is 10.1 Å². The van der Waals surface area contributed by atoms with Crippen molar-refractivity contribution in [1.82, 2.24) is 0 Å². The molecule has 0 bridgehead atoms. The number of rotatable bonds is 3. The van der Waals surface area contributed by atoms with Gasteiger partial charge in [-0.1, -0.05) is 51.1 Å². The third kappa shape index (κ3) is 2.51. The molecule has 19 heavy (non-hydrogen) atoms. The van der Waals surface area contributed by atoms with Gasteiger partial charge in [-0.3, -0.25) is 4.55 Å². The maximum absolute atomic E-state index is 11.7. The third-order valence-corrected chi connectivity index (χ3v) is 4.69. The smallest absolute Gasteiger partial charge is 0.282 e. The molecule has 0 aromatic heterocycles. The summed E-state index contributed by atoms with van der Waals surface area (Å²) in [7, 11) is -4.24. The van der Waals surface area contributed by atoms with Crippen molar-refractivity contribution in [2.75, 3.05) is 0 Å². The fraction of sp³-hybridized carbons (Fsp3) is 0.333. The standard InChI is InChI=1S/C15H18O3S/c1-4-15(2,3)13-10-11-8-6-5-7-9-12(11)14(13)19(16,17)18/h5-10H,4H2,1-3H3,(H,16,17,18). The average Bonchev–Trinajstić information content (AvgIpc) is 2.55. The van der Waals surface area contributed by atoms with Gasteiger partial charge in [-0.25, -0.2) is 0 Å². The zero-order valence-corrected chi connectivity index (χ0v) is 12.2. The maximum Gasteiger partial charge on any atom is 0.295 e. The lowest BCUT2D eigenvalue weighted by Crippen LogP contribution is -2.18. The Labute approximate surface area is 114 Å². The predicted molar refractivity (Wildman–Crippen MR) is 76.2 cm³/mol. The second-order valence-electron chi connectivity index (χ2n) is 5.38. The van der Waals surface area contributed by atoms with Gasteiger partial charge >= 0.3 is 0 Å². The molecule has 0 amide bonds. The Morgan fingerprint density at radius 1 is 1.16 bits per heavy atom. The minimum atomic E-state index is -4.24. The SMILES string of the molecule is CCC(C)(C)c1cc2cccccc-2c1S(=O)(=O)O. The molecule has 0 radical (unpaired) electrons. The Morgan fingerprint density at radius 3 is 2.37 bits per heavy atom. The molecular weight excluding hydrogens is 260 g/mol. The Morgan fingerprint density at radius 2 is 1.79 bits per heavy atom. The highest BCUT2D eigenvalue weighted by Crippen LogP contribution is 2.41. The molecule has 2 aliphatic rings. The molecule has 102 valence electrons. The van der Waals surface area contributed by atoms with Crippen LogP contribution in [0.15, 0.2) is 41.3 Å². The molecule has 0 saturated heterocycles. The van der Waals surface area contributed by atoms with Crippen LogP contribution in [-0.4, -0.2) is 13.0 Å². The van der Waals surface area contributed by atoms with Gasteiger partial charge in [-0.15, -0.1) is 0 Å². The lowest BCUT2D eigenvalue weighted by Gasteiger charge is -2.23. The normalized spacial score (nSPS) is 12.8. The zero-order valence-electron chi connectivity index (χ0n) is 11.3. The first-order valence-electron chi connectivity index (χ1n) is 6.27. The van der Waals surface area contributed by atoms with Gasteiger partial charge in [0.05, 0.1) is 0 Å². The predicted octanol–water partition coefficient (Wildman–Crippen LogP) is 3.73. The highest BCUT2D eigenvalue weighted by molar-refractivity contribution is 7.86. The van der Waals surface area contributed by atoms with Gasteiger partial charge in [0.25, 0.3) is 10.1 Å². The van der Waals surface area contributed by atoms with Crippen LogP contribution >= 0.6 is 0 Å². The summed E-state index contributed by atoms with van der Waals surface area (Å²) in [5, 5.41) is 0. The molecule has 0 unspecified atom stereocenters. The zero-order chi connectivity index (χ0) is 14.3. The van der Waals surface area contributed by atoms with Crippen molar-refractivity contribution in [3.8, 4) is 11.1 Å². The summed E-state index contributed by atoms with van der Waals surface area (Å²) in [6.07, 6.45) is 0.790. The van der Waals surface area contributed by atoms with E-state index in [1.807, 2.05) is 45.0 Å². The van der Waals surface area contributed by atoms with Crippen LogP contribution in [0.5, 0.6) is 0 Å². The van der Waals surface area contributed by atoms with Crippen molar-refractivity contribution in [3.63, 3.8) is 0 Å². The molecule has 0 fully saturated rings. The monoisotopic (exact) mass is 278 g/mol. The number of hydrogen-bond donors (Lipinski definition) is 1. The van der Waals surface area contributed by atoms with E-state index in [4.69, 9.17) is 0 Å². The summed E-state index contributed by atoms with van der Waals surface area (Å²) in [5.74, 6) is 0. The lowest BCUT2D eigenvalue weighted by atomic mass is 9.84. The summed E-state index contributed by atoms with van der Waals surface area (Å²) >= 11 is 0. The van der Waals surface area contributed by atoms with Gasteiger partial charge in [0.2, 0.25) is 0 Å². The summed E-state index contributed by atoms with van der Waals surface area (Å²) in [6.45, 7) is 5.97. The Hall–Kier alpha value is -1.39. The summed E-state index contributed by atoms with van der Waals surface area (Å²) in [5.41, 5.74) is 1.78. The molecule has 0 atom stereocenters. The molecule has 2 rings (SSSR count). The van der Waals surface area contributed by atoms with Crippen LogP contribution in [0.3, 0.4) is 0 Å². The van der Waals surface area contributed by atoms with Crippen LogP contribution in [0.4, 0.5) is 0 Å². The van der Waals surface area contributed by atoms with E-state index in [0.717, 1.165) is 12.0 Å². The fourth-order valence-electron chi connectivity index (χ4n) is 2.23. The lowest BCUT2D eigenvalue weighted by molar-refractivity contribution is 0.467. The van der Waals surface area contributed by atoms with Gasteiger partial charge in [0.15, 0.2) is 0 Å². The van der Waals surface area contributed by atoms with E-state index in [9.17, 15) is 13.0 Å². The molecule has 0 aliphatic heterocycles. The molecule has 0 aromatic rings. The van der Waals surface area contributed by atoms with E-state index in [1.165, 1.54) is 0 Å². The van der Waals surface area contributed by atoms with E-state index in [0.29, 0.717) is 11.1 Å². The Bertz CT molecular complexity index is 672. The highest BCUT2D eigenvalue weighted by Gasteiger charge is 2.32. The first-order chi connectivity index (χ1) is 8.77. The first-order valence-corrected chi connectivity index (χ1v) is 7.71. The second-order valence-corrected chi connectivity index (χ2v) is 6.74. The Kier molecular flexibility index (Phi) is 3.41. The highest BCUT2D eigenvalue weighted by atomic mass is 32.2. The van der Waals surface area contributed by atoms with Crippen molar-refractivity contribution in [1.29, 1.82) is 0 Å². The van der Waals surface area contributed by atoms with Gasteiger partial charge in [0, 0.05) is 5.56 Å². The number of hydrogen-bond acceptors (Lipinski definition) is 2. The van der Waals surface area contributed by atoms with Crippen LogP contribution in [0.25, 0.3) is 11.1 Å². The van der Waals surface area contributed by atoms with Gasteiger partial charge in [0.1, 0.15) is 4.90 Å². The first kappa shape index (κ1) is 14.0. The molecule has 0 spiro atoms. The van der Waals surface area contributed by atoms with Gasteiger partial charge < -0.3 is 0 Å². The van der Waals surface area contributed by atoms with Crippen LogP contribution < -0.4 is 0 Å². The van der Waals surface area contributed by atoms with Crippen molar-refractivity contribution < 1.29 is 13.0 Å². The van der Waals surface area contributed by atoms with Crippen LogP contribution in [0.1, 0.15) is 32.8 Å². The molecule has 0 heterocycles. The van der Waals surface area contributed by atoms with Crippen molar-refractivity contribution in [2.45, 2.75) is 37.5 Å². The van der Waals surface area contributed by atoms with Crippen molar-refractivity contribution in [3.05, 3.63) is 42.0 Å². The number of fused-ring (bicyclic) bond motifs is 1. The van der Waals surface area contributed by atoms with Crippen LogP contribution in [-0.2, 0) is 15.5 Å². The summed E-state index contributed by atoms with van der Waals surface area (Å²) < 4.78 is 33.1.